The molecule has 1 aliphatic rings. The highest BCUT2D eigenvalue weighted by Gasteiger charge is 2.18. The molecule has 3 aromatic rings. The maximum absolute atomic E-state index is 13.4. The Bertz CT molecular complexity index is 809. The van der Waals surface area contributed by atoms with Crippen LogP contribution in [0.25, 0.3) is 16.9 Å². The van der Waals surface area contributed by atoms with E-state index >= 15 is 0 Å². The summed E-state index contributed by atoms with van der Waals surface area (Å²) in [6, 6.07) is 5.22. The van der Waals surface area contributed by atoms with E-state index < -0.39 is 0 Å². The first kappa shape index (κ1) is 11.4. The Hall–Kier alpha value is -2.43. The predicted molar refractivity (Wildman–Crippen MR) is 75.4 cm³/mol. The molecule has 0 atom stereocenters. The van der Waals surface area contributed by atoms with E-state index in [-0.39, 0.29) is 5.82 Å². The number of hydrogen-bond donors (Lipinski definition) is 0. The average Bonchev–Trinajstić information content (AvgIpc) is 3.02. The van der Waals surface area contributed by atoms with Crippen LogP contribution < -0.4 is 4.90 Å². The second-order valence-electron chi connectivity index (χ2n) is 5.10. The van der Waals surface area contributed by atoms with Crippen molar-refractivity contribution in [1.29, 1.82) is 0 Å². The Labute approximate surface area is 115 Å². The standard InChI is InChI=1S/C15H13FN4/c1-19-5-4-10-6-11(7-18-15(10)19)13-8-17-14-3-2-12(16)9-20(13)14/h2-3,6-9H,4-5H2,1H3. The van der Waals surface area contributed by atoms with Crippen LogP contribution in [0.4, 0.5) is 10.2 Å². The number of imidazole rings is 1. The topological polar surface area (TPSA) is 33.4 Å². The lowest BCUT2D eigenvalue weighted by Gasteiger charge is -2.10. The molecule has 3 aromatic heterocycles. The molecule has 0 aromatic carbocycles. The van der Waals surface area contributed by atoms with Gasteiger partial charge >= 0.3 is 0 Å². The minimum absolute atomic E-state index is 0.273. The van der Waals surface area contributed by atoms with E-state index in [0.717, 1.165) is 35.7 Å². The van der Waals surface area contributed by atoms with Crippen LogP contribution >= 0.6 is 0 Å². The van der Waals surface area contributed by atoms with Gasteiger partial charge in [-0.3, -0.25) is 4.40 Å². The molecule has 5 heteroatoms. The fourth-order valence-corrected chi connectivity index (χ4v) is 2.73. The molecule has 4 nitrogen and oxygen atoms in total. The highest BCUT2D eigenvalue weighted by molar-refractivity contribution is 5.67. The molecule has 0 saturated carbocycles. The Morgan fingerprint density at radius 1 is 1.20 bits per heavy atom. The van der Waals surface area contributed by atoms with Gasteiger partial charge in [0.1, 0.15) is 17.3 Å². The SMILES string of the molecule is CN1CCc2cc(-c3cnc4ccc(F)cn34)cnc21. The van der Waals surface area contributed by atoms with Gasteiger partial charge in [-0.05, 0) is 30.2 Å². The van der Waals surface area contributed by atoms with Crippen LogP contribution in [0.3, 0.4) is 0 Å². The number of hydrogen-bond acceptors (Lipinski definition) is 3. The zero-order chi connectivity index (χ0) is 13.7. The van der Waals surface area contributed by atoms with Gasteiger partial charge in [0.05, 0.1) is 11.9 Å². The van der Waals surface area contributed by atoms with Gasteiger partial charge in [-0.2, -0.15) is 0 Å². The van der Waals surface area contributed by atoms with Crippen molar-refractivity contribution in [2.45, 2.75) is 6.42 Å². The quantitative estimate of drug-likeness (QED) is 0.680. The third kappa shape index (κ3) is 1.59. The van der Waals surface area contributed by atoms with E-state index in [2.05, 4.69) is 20.9 Å². The van der Waals surface area contributed by atoms with Crippen molar-refractivity contribution in [3.8, 4) is 11.3 Å². The summed E-state index contributed by atoms with van der Waals surface area (Å²) >= 11 is 0. The van der Waals surface area contributed by atoms with E-state index in [1.165, 1.54) is 17.8 Å². The molecule has 1 aliphatic heterocycles. The minimum atomic E-state index is -0.273. The molecule has 4 rings (SSSR count). The first-order valence-corrected chi connectivity index (χ1v) is 6.55. The number of rotatable bonds is 1. The van der Waals surface area contributed by atoms with Gasteiger partial charge in [-0.25, -0.2) is 14.4 Å². The number of nitrogens with zero attached hydrogens (tertiary/aromatic N) is 4. The normalized spacial score (nSPS) is 14.0. The number of likely N-dealkylation sites (N-methyl/N-ethyl adjacent to an activating group) is 1. The lowest BCUT2D eigenvalue weighted by Crippen LogP contribution is -2.13. The van der Waals surface area contributed by atoms with Crippen molar-refractivity contribution >= 4 is 11.5 Å². The maximum atomic E-state index is 13.4. The number of pyridine rings is 2. The summed E-state index contributed by atoms with van der Waals surface area (Å²) in [4.78, 5) is 11.0. The second kappa shape index (κ2) is 4.03. The molecular formula is C15H13FN4. The highest BCUT2D eigenvalue weighted by atomic mass is 19.1. The van der Waals surface area contributed by atoms with Crippen molar-refractivity contribution in [1.82, 2.24) is 14.4 Å². The summed E-state index contributed by atoms with van der Waals surface area (Å²) in [7, 11) is 2.04. The fourth-order valence-electron chi connectivity index (χ4n) is 2.73. The van der Waals surface area contributed by atoms with E-state index in [9.17, 15) is 4.39 Å². The second-order valence-corrected chi connectivity index (χ2v) is 5.10. The van der Waals surface area contributed by atoms with Crippen LogP contribution in [0, 0.1) is 5.82 Å². The van der Waals surface area contributed by atoms with Crippen molar-refractivity contribution in [2.75, 3.05) is 18.5 Å². The molecule has 0 radical (unpaired) electrons. The number of anilines is 1. The molecule has 0 unspecified atom stereocenters. The Morgan fingerprint density at radius 3 is 3.00 bits per heavy atom. The van der Waals surface area contributed by atoms with Gasteiger partial charge in [0.2, 0.25) is 0 Å². The van der Waals surface area contributed by atoms with Crippen LogP contribution in [0.2, 0.25) is 0 Å². The van der Waals surface area contributed by atoms with Crippen molar-refractivity contribution in [2.24, 2.45) is 0 Å². The van der Waals surface area contributed by atoms with Gasteiger partial charge in [0.25, 0.3) is 0 Å². The molecule has 100 valence electrons. The first-order chi connectivity index (χ1) is 9.72. The van der Waals surface area contributed by atoms with Crippen molar-refractivity contribution in [3.05, 3.63) is 48.2 Å². The molecular weight excluding hydrogens is 255 g/mol. The highest BCUT2D eigenvalue weighted by Crippen LogP contribution is 2.29. The average molecular weight is 268 g/mol. The maximum Gasteiger partial charge on any atom is 0.139 e. The van der Waals surface area contributed by atoms with Crippen molar-refractivity contribution in [3.63, 3.8) is 0 Å². The Morgan fingerprint density at radius 2 is 2.10 bits per heavy atom. The van der Waals surface area contributed by atoms with Gasteiger partial charge < -0.3 is 4.90 Å². The van der Waals surface area contributed by atoms with Crippen LogP contribution in [-0.4, -0.2) is 28.0 Å². The lowest BCUT2D eigenvalue weighted by atomic mass is 10.1. The van der Waals surface area contributed by atoms with E-state index in [4.69, 9.17) is 0 Å². The summed E-state index contributed by atoms with van der Waals surface area (Å²) in [6.45, 7) is 0.994. The predicted octanol–water partition coefficient (Wildman–Crippen LogP) is 2.53. The molecule has 4 heterocycles. The van der Waals surface area contributed by atoms with E-state index in [0.29, 0.717) is 0 Å². The summed E-state index contributed by atoms with van der Waals surface area (Å²) < 4.78 is 15.2. The molecule has 0 saturated heterocycles. The van der Waals surface area contributed by atoms with Gasteiger partial charge in [0.15, 0.2) is 0 Å². The monoisotopic (exact) mass is 268 g/mol. The van der Waals surface area contributed by atoms with Crippen molar-refractivity contribution < 1.29 is 4.39 Å². The summed E-state index contributed by atoms with van der Waals surface area (Å²) in [5.74, 6) is 0.763. The molecule has 20 heavy (non-hydrogen) atoms. The zero-order valence-electron chi connectivity index (χ0n) is 11.0. The van der Waals surface area contributed by atoms with Crippen LogP contribution in [-0.2, 0) is 6.42 Å². The smallest absolute Gasteiger partial charge is 0.139 e. The van der Waals surface area contributed by atoms with Gasteiger partial charge in [-0.1, -0.05) is 0 Å². The number of fused-ring (bicyclic) bond motifs is 2. The third-order valence-electron chi connectivity index (χ3n) is 3.79. The minimum Gasteiger partial charge on any atom is -0.359 e. The molecule has 0 spiro atoms. The van der Waals surface area contributed by atoms with Gasteiger partial charge in [0, 0.05) is 31.5 Å². The van der Waals surface area contributed by atoms with Crippen LogP contribution in [0.1, 0.15) is 5.56 Å². The summed E-state index contributed by atoms with van der Waals surface area (Å²) in [5.41, 5.74) is 3.80. The van der Waals surface area contributed by atoms with E-state index in [1.807, 2.05) is 13.2 Å². The lowest BCUT2D eigenvalue weighted by molar-refractivity contribution is 0.619. The molecule has 0 aliphatic carbocycles. The first-order valence-electron chi connectivity index (χ1n) is 6.55. The third-order valence-corrected chi connectivity index (χ3v) is 3.79. The zero-order valence-corrected chi connectivity index (χ0v) is 11.0. The largest absolute Gasteiger partial charge is 0.359 e. The fraction of sp³-hybridized carbons (Fsp3) is 0.200. The molecule has 0 bridgehead atoms. The number of halogens is 1. The van der Waals surface area contributed by atoms with Crippen LogP contribution in [0.15, 0.2) is 36.8 Å². The Kier molecular flexibility index (Phi) is 2.30. The summed E-state index contributed by atoms with van der Waals surface area (Å²) in [5, 5.41) is 0. The summed E-state index contributed by atoms with van der Waals surface area (Å²) in [6.07, 6.45) is 6.04. The molecule has 0 fully saturated rings. The van der Waals surface area contributed by atoms with Gasteiger partial charge in [-0.15, -0.1) is 0 Å². The number of aromatic nitrogens is 3. The molecule has 0 amide bonds. The Balaban J connectivity index is 1.89. The van der Waals surface area contributed by atoms with Crippen LogP contribution in [0.5, 0.6) is 0 Å². The molecule has 0 N–H and O–H groups in total. The van der Waals surface area contributed by atoms with E-state index in [1.54, 1.807) is 16.7 Å².